The molecule has 6 saturated heterocycles. The van der Waals surface area contributed by atoms with Crippen LogP contribution in [0.5, 0.6) is 5.75 Å². The van der Waals surface area contributed by atoms with Crippen molar-refractivity contribution in [3.05, 3.63) is 73.1 Å². The molecule has 0 atom stereocenters. The molecule has 10 rings (SSSR count). The van der Waals surface area contributed by atoms with Gasteiger partial charge in [0.1, 0.15) is 29.7 Å². The van der Waals surface area contributed by atoms with Crippen LogP contribution in [0.4, 0.5) is 24.8 Å². The minimum atomic E-state index is -4.47. The molecule has 1 aromatic carbocycles. The minimum Gasteiger partial charge on any atom is -0.492 e. The van der Waals surface area contributed by atoms with Crippen molar-refractivity contribution in [2.75, 3.05) is 109 Å². The molecule has 6 aliphatic heterocycles. The molecule has 0 radical (unpaired) electrons. The highest BCUT2D eigenvalue weighted by Gasteiger charge is 2.55. The van der Waals surface area contributed by atoms with Crippen LogP contribution in [0.25, 0.3) is 0 Å². The van der Waals surface area contributed by atoms with E-state index >= 15 is 0 Å². The molecule has 4 aromatic rings. The van der Waals surface area contributed by atoms with E-state index in [-0.39, 0.29) is 22.4 Å². The second-order valence-electron chi connectivity index (χ2n) is 23.5. The number of alkyl halides is 3. The number of aromatic nitrogens is 5. The molecular weight excluding hydrogens is 1040 g/mol. The number of morpholine rings is 2. The predicted octanol–water partition coefficient (Wildman–Crippen LogP) is 2.62. The quantitative estimate of drug-likeness (QED) is 0.220. The average molecular weight is 1120 g/mol. The summed E-state index contributed by atoms with van der Waals surface area (Å²) in [7, 11) is -1.04. The van der Waals surface area contributed by atoms with Crippen LogP contribution in [-0.4, -0.2) is 206 Å². The largest absolute Gasteiger partial charge is 0.516 e. The maximum absolute atomic E-state index is 12.6. The van der Waals surface area contributed by atoms with Gasteiger partial charge >= 0.3 is 34.6 Å². The number of halogens is 3. The molecule has 27 heteroatoms. The Morgan fingerprint density at radius 3 is 1.50 bits per heavy atom. The second-order valence-corrected chi connectivity index (χ2v) is 23.5. The molecule has 0 saturated carbocycles. The van der Waals surface area contributed by atoms with Gasteiger partial charge in [-0.3, -0.25) is 19.9 Å². The molecule has 3 aromatic heterocycles. The zero-order chi connectivity index (χ0) is 58.3. The van der Waals surface area contributed by atoms with E-state index in [1.807, 2.05) is 95.3 Å². The average Bonchev–Trinajstić information content (AvgIpc) is 3.89. The Morgan fingerprint density at radius 1 is 0.588 bits per heavy atom. The number of likely N-dealkylation sites (N-methyl/N-ethyl adjacent to an activating group) is 1. The van der Waals surface area contributed by atoms with Gasteiger partial charge in [0, 0.05) is 77.5 Å². The molecule has 9 heterocycles. The highest BCUT2D eigenvalue weighted by Crippen LogP contribution is 2.39. The monoisotopic (exact) mass is 1120 g/mol. The SMILES string of the molecule is CC1(C)OB(c2ccnc(C(F)(F)F)c2)OC1(C)C.CC1(C)OB(c2cncc(N3CCOCC3)n2)OC1(C)C.CN1CCN(c2cncc(B3OC(C)(C)C(C)(C)O3)n2)CC1.OB(O)c1cccc(OCCN2CCOCC2)c1. The fraction of sp³-hybridized carbons (Fsp3) is 0.642. The molecule has 0 spiro atoms. The number of anilines is 2. The van der Waals surface area contributed by atoms with Crippen LogP contribution >= 0.6 is 0 Å². The molecular formula is C53H80B4F3N9O11. The lowest BCUT2D eigenvalue weighted by Crippen LogP contribution is -2.46. The topological polar surface area (TPSA) is 201 Å². The van der Waals surface area contributed by atoms with Crippen molar-refractivity contribution in [2.45, 2.75) is 123 Å². The van der Waals surface area contributed by atoms with E-state index in [2.05, 4.69) is 46.6 Å². The Labute approximate surface area is 471 Å². The zero-order valence-corrected chi connectivity index (χ0v) is 48.8. The molecule has 20 nitrogen and oxygen atoms in total. The van der Waals surface area contributed by atoms with Crippen molar-refractivity contribution >= 4 is 62.2 Å². The number of benzene rings is 1. The number of hydrogen-bond donors (Lipinski definition) is 2. The number of hydrogen-bond acceptors (Lipinski definition) is 20. The van der Waals surface area contributed by atoms with Gasteiger partial charge < -0.3 is 66.9 Å². The van der Waals surface area contributed by atoms with Crippen molar-refractivity contribution in [3.63, 3.8) is 0 Å². The second kappa shape index (κ2) is 26.0. The first-order valence-electron chi connectivity index (χ1n) is 27.3. The molecule has 6 aliphatic rings. The van der Waals surface area contributed by atoms with Crippen molar-refractivity contribution < 1.29 is 65.4 Å². The van der Waals surface area contributed by atoms with E-state index in [1.165, 1.54) is 6.07 Å². The van der Waals surface area contributed by atoms with Gasteiger partial charge in [-0.25, -0.2) is 9.97 Å². The van der Waals surface area contributed by atoms with E-state index in [1.54, 1.807) is 36.8 Å². The molecule has 80 heavy (non-hydrogen) atoms. The summed E-state index contributed by atoms with van der Waals surface area (Å²) in [4.78, 5) is 30.4. The number of pyridine rings is 1. The first-order valence-corrected chi connectivity index (χ1v) is 27.3. The van der Waals surface area contributed by atoms with E-state index in [9.17, 15) is 13.2 Å². The van der Waals surface area contributed by atoms with Crippen LogP contribution in [0.15, 0.2) is 67.4 Å². The summed E-state index contributed by atoms with van der Waals surface area (Å²) in [6.07, 6.45) is 3.69. The Kier molecular flexibility index (Phi) is 20.5. The maximum atomic E-state index is 12.6. The highest BCUT2D eigenvalue weighted by molar-refractivity contribution is 6.62. The molecule has 436 valence electrons. The van der Waals surface area contributed by atoms with Crippen molar-refractivity contribution in [1.82, 2.24) is 34.7 Å². The van der Waals surface area contributed by atoms with Gasteiger partial charge in [0.25, 0.3) is 0 Å². The fourth-order valence-corrected chi connectivity index (χ4v) is 8.64. The van der Waals surface area contributed by atoms with Gasteiger partial charge in [-0.05, 0) is 125 Å². The Morgan fingerprint density at radius 2 is 1.04 bits per heavy atom. The summed E-state index contributed by atoms with van der Waals surface area (Å²) in [5, 5.41) is 18.1. The van der Waals surface area contributed by atoms with Gasteiger partial charge in [-0.1, -0.05) is 12.1 Å². The Bertz CT molecular complexity index is 2580. The van der Waals surface area contributed by atoms with Crippen LogP contribution in [0.1, 0.15) is 88.8 Å². The maximum Gasteiger partial charge on any atom is 0.516 e. The summed E-state index contributed by atoms with van der Waals surface area (Å²) in [6, 6.07) is 9.28. The zero-order valence-electron chi connectivity index (χ0n) is 48.8. The Balaban J connectivity index is 0.000000155. The first-order chi connectivity index (χ1) is 37.5. The van der Waals surface area contributed by atoms with Gasteiger partial charge in [0.15, 0.2) is 0 Å². The summed E-state index contributed by atoms with van der Waals surface area (Å²) in [5.74, 6) is 2.42. The molecule has 0 bridgehead atoms. The minimum absolute atomic E-state index is 0.320. The third-order valence-corrected chi connectivity index (χ3v) is 16.0. The smallest absolute Gasteiger partial charge is 0.492 e. The third kappa shape index (κ3) is 16.2. The van der Waals surface area contributed by atoms with Crippen LogP contribution in [0.3, 0.4) is 0 Å². The molecule has 6 fully saturated rings. The van der Waals surface area contributed by atoms with Gasteiger partial charge in [-0.15, -0.1) is 0 Å². The molecule has 0 aliphatic carbocycles. The van der Waals surface area contributed by atoms with Crippen molar-refractivity contribution in [3.8, 4) is 5.75 Å². The van der Waals surface area contributed by atoms with E-state index in [0.717, 1.165) is 120 Å². The van der Waals surface area contributed by atoms with Gasteiger partial charge in [-0.2, -0.15) is 13.2 Å². The highest BCUT2D eigenvalue weighted by atomic mass is 19.4. The van der Waals surface area contributed by atoms with Crippen LogP contribution in [-0.2, 0) is 43.6 Å². The van der Waals surface area contributed by atoms with Crippen LogP contribution in [0, 0.1) is 0 Å². The van der Waals surface area contributed by atoms with Gasteiger partial charge in [0.05, 0.1) is 83.6 Å². The molecule has 0 amide bonds. The number of nitrogens with zero attached hydrogens (tertiary/aromatic N) is 9. The van der Waals surface area contributed by atoms with E-state index in [0.29, 0.717) is 23.3 Å². The number of rotatable bonds is 10. The lowest BCUT2D eigenvalue weighted by Gasteiger charge is -2.33. The van der Waals surface area contributed by atoms with Crippen molar-refractivity contribution in [2.24, 2.45) is 0 Å². The lowest BCUT2D eigenvalue weighted by atomic mass is 9.79. The standard InChI is InChI=1S/C15H25BN4O2.C14H22BN3O3.C12H15BF3NO2.C12H18BNO4/c1-14(2)15(3,4)22-16(21-14)12-10-17-11-13(18-12)20-8-6-19(5)7-9-20;1-13(2)14(3,4)21-15(20-13)11-9-16-10-12(17-11)18-5-7-19-8-6-18;1-10(2)11(3,4)19-13(18-10)8-5-6-17-9(7-8)12(14,15)16;15-13(16)11-2-1-3-12(10-11)18-9-6-14-4-7-17-8-5-14/h10-11H,6-9H2,1-5H3;9-10H,5-8H2,1-4H3;5-7H,1-4H3;1-3,10,15-16H,4-9H2. The van der Waals surface area contributed by atoms with E-state index in [4.69, 9.17) is 57.2 Å². The van der Waals surface area contributed by atoms with E-state index < -0.39 is 51.5 Å². The Hall–Kier alpha value is -4.50. The number of piperazine rings is 1. The molecule has 0 unspecified atom stereocenters. The normalized spacial score (nSPS) is 22.1. The van der Waals surface area contributed by atoms with Crippen LogP contribution < -0.4 is 36.6 Å². The van der Waals surface area contributed by atoms with Crippen LogP contribution in [0.2, 0.25) is 0 Å². The summed E-state index contributed by atoms with van der Waals surface area (Å²) >= 11 is 0. The van der Waals surface area contributed by atoms with Gasteiger partial charge in [0.2, 0.25) is 0 Å². The predicted molar refractivity (Wildman–Crippen MR) is 302 cm³/mol. The fourth-order valence-electron chi connectivity index (χ4n) is 8.64. The summed E-state index contributed by atoms with van der Waals surface area (Å²) < 4.78 is 89.6. The summed E-state index contributed by atoms with van der Waals surface area (Å²) in [6.45, 7) is 35.8. The summed E-state index contributed by atoms with van der Waals surface area (Å²) in [5.41, 5.74) is -1.33. The first kappa shape index (κ1) is 63.1. The lowest BCUT2D eigenvalue weighted by molar-refractivity contribution is -0.141. The third-order valence-electron chi connectivity index (χ3n) is 16.0. The molecule has 2 N–H and O–H groups in total. The number of ether oxygens (including phenoxy) is 3. The van der Waals surface area contributed by atoms with Crippen molar-refractivity contribution in [1.29, 1.82) is 0 Å².